The van der Waals surface area contributed by atoms with Crippen LogP contribution in [0.3, 0.4) is 0 Å². The van der Waals surface area contributed by atoms with Gasteiger partial charge in [0.2, 0.25) is 11.8 Å². The van der Waals surface area contributed by atoms with Crippen molar-refractivity contribution in [3.63, 3.8) is 0 Å². The third kappa shape index (κ3) is 7.22. The highest BCUT2D eigenvalue weighted by Crippen LogP contribution is 2.18. The molecule has 0 aliphatic heterocycles. The van der Waals surface area contributed by atoms with Crippen LogP contribution in [0.2, 0.25) is 0 Å². The van der Waals surface area contributed by atoms with E-state index < -0.39 is 0 Å². The molecular formula is C17H26N2O3. The van der Waals surface area contributed by atoms with Crippen molar-refractivity contribution in [2.45, 2.75) is 39.7 Å². The summed E-state index contributed by atoms with van der Waals surface area (Å²) in [5, 5.41) is 14.6. The van der Waals surface area contributed by atoms with E-state index in [2.05, 4.69) is 10.6 Å². The first-order valence-electron chi connectivity index (χ1n) is 7.53. The van der Waals surface area contributed by atoms with Crippen molar-refractivity contribution in [1.29, 1.82) is 0 Å². The second-order valence-corrected chi connectivity index (χ2v) is 6.56. The normalized spacial score (nSPS) is 12.5. The molecular weight excluding hydrogens is 280 g/mol. The quantitative estimate of drug-likeness (QED) is 0.718. The Labute approximate surface area is 132 Å². The minimum atomic E-state index is -0.260. The van der Waals surface area contributed by atoms with Crippen molar-refractivity contribution in [3.8, 4) is 0 Å². The molecule has 0 saturated heterocycles. The first-order valence-corrected chi connectivity index (χ1v) is 7.53. The van der Waals surface area contributed by atoms with E-state index in [4.69, 9.17) is 5.11 Å². The van der Waals surface area contributed by atoms with Crippen molar-refractivity contribution in [1.82, 2.24) is 10.6 Å². The van der Waals surface area contributed by atoms with Gasteiger partial charge in [0.15, 0.2) is 0 Å². The van der Waals surface area contributed by atoms with Crippen LogP contribution in [0.25, 0.3) is 0 Å². The van der Waals surface area contributed by atoms with Crippen molar-refractivity contribution in [2.75, 3.05) is 13.2 Å². The molecule has 5 heteroatoms. The SMILES string of the molecule is CC(C)(C)CC(=O)NCC(=O)NC(CCO)c1ccccc1. The summed E-state index contributed by atoms with van der Waals surface area (Å²) in [6.45, 7) is 5.85. The molecule has 3 N–H and O–H groups in total. The Bertz CT molecular complexity index is 480. The van der Waals surface area contributed by atoms with Crippen LogP contribution >= 0.6 is 0 Å². The minimum Gasteiger partial charge on any atom is -0.396 e. The maximum absolute atomic E-state index is 12.0. The number of hydrogen-bond donors (Lipinski definition) is 3. The molecule has 0 bridgehead atoms. The molecule has 0 radical (unpaired) electrons. The van der Waals surface area contributed by atoms with E-state index in [1.807, 2.05) is 51.1 Å². The maximum Gasteiger partial charge on any atom is 0.239 e. The van der Waals surface area contributed by atoms with E-state index in [1.54, 1.807) is 0 Å². The number of aliphatic hydroxyl groups is 1. The number of rotatable bonds is 7. The van der Waals surface area contributed by atoms with Crippen molar-refractivity contribution in [3.05, 3.63) is 35.9 Å². The average molecular weight is 306 g/mol. The molecule has 22 heavy (non-hydrogen) atoms. The molecule has 5 nitrogen and oxygen atoms in total. The second kappa shape index (κ2) is 8.54. The lowest BCUT2D eigenvalue weighted by Crippen LogP contribution is -2.39. The van der Waals surface area contributed by atoms with Gasteiger partial charge in [-0.15, -0.1) is 0 Å². The van der Waals surface area contributed by atoms with E-state index in [9.17, 15) is 9.59 Å². The first-order chi connectivity index (χ1) is 10.3. The van der Waals surface area contributed by atoms with E-state index >= 15 is 0 Å². The van der Waals surface area contributed by atoms with Gasteiger partial charge in [-0.05, 0) is 17.4 Å². The number of benzene rings is 1. The predicted molar refractivity (Wildman–Crippen MR) is 86.1 cm³/mol. The number of carbonyl (C=O) groups is 2. The van der Waals surface area contributed by atoms with Crippen molar-refractivity contribution >= 4 is 11.8 Å². The molecule has 0 saturated carbocycles. The number of aliphatic hydroxyl groups excluding tert-OH is 1. The highest BCUT2D eigenvalue weighted by Gasteiger charge is 2.18. The van der Waals surface area contributed by atoms with Gasteiger partial charge >= 0.3 is 0 Å². The summed E-state index contributed by atoms with van der Waals surface area (Å²) >= 11 is 0. The number of amides is 2. The second-order valence-electron chi connectivity index (χ2n) is 6.56. The van der Waals surface area contributed by atoms with Gasteiger partial charge < -0.3 is 15.7 Å². The number of nitrogens with one attached hydrogen (secondary N) is 2. The van der Waals surface area contributed by atoms with Crippen LogP contribution < -0.4 is 10.6 Å². The van der Waals surface area contributed by atoms with Crippen LogP contribution in [0.5, 0.6) is 0 Å². The Morgan fingerprint density at radius 3 is 2.32 bits per heavy atom. The maximum atomic E-state index is 12.0. The fourth-order valence-electron chi connectivity index (χ4n) is 2.11. The standard InChI is InChI=1S/C17H26N2O3/c1-17(2,3)11-15(21)18-12-16(22)19-14(9-10-20)13-7-5-4-6-8-13/h4-8,14,20H,9-12H2,1-3H3,(H,18,21)(H,19,22). The molecule has 1 aromatic rings. The van der Waals surface area contributed by atoms with Crippen molar-refractivity contribution < 1.29 is 14.7 Å². The molecule has 0 spiro atoms. The Morgan fingerprint density at radius 1 is 1.14 bits per heavy atom. The van der Waals surface area contributed by atoms with E-state index in [-0.39, 0.29) is 36.4 Å². The molecule has 0 aromatic heterocycles. The molecule has 0 aliphatic carbocycles. The predicted octanol–water partition coefficient (Wildman–Crippen LogP) is 1.78. The van der Waals surface area contributed by atoms with Crippen LogP contribution in [0, 0.1) is 5.41 Å². The Kier molecular flexibility index (Phi) is 7.05. The summed E-state index contributed by atoms with van der Waals surface area (Å²) in [6, 6.07) is 9.22. The molecule has 0 aliphatic rings. The zero-order valence-corrected chi connectivity index (χ0v) is 13.6. The monoisotopic (exact) mass is 306 g/mol. The summed E-state index contributed by atoms with van der Waals surface area (Å²) in [7, 11) is 0. The molecule has 1 unspecified atom stereocenters. The van der Waals surface area contributed by atoms with Crippen LogP contribution in [0.1, 0.15) is 45.2 Å². The fourth-order valence-corrected chi connectivity index (χ4v) is 2.11. The van der Waals surface area contributed by atoms with Crippen LogP contribution in [0.4, 0.5) is 0 Å². The van der Waals surface area contributed by atoms with E-state index in [1.165, 1.54) is 0 Å². The third-order valence-electron chi connectivity index (χ3n) is 3.09. The Balaban J connectivity index is 2.49. The van der Waals surface area contributed by atoms with Gasteiger partial charge in [0.1, 0.15) is 0 Å². The van der Waals surface area contributed by atoms with Gasteiger partial charge in [-0.3, -0.25) is 9.59 Å². The average Bonchev–Trinajstić information content (AvgIpc) is 2.44. The number of carbonyl (C=O) groups excluding carboxylic acids is 2. The third-order valence-corrected chi connectivity index (χ3v) is 3.09. The van der Waals surface area contributed by atoms with Gasteiger partial charge in [-0.25, -0.2) is 0 Å². The Hall–Kier alpha value is -1.88. The van der Waals surface area contributed by atoms with Crippen LogP contribution in [0.15, 0.2) is 30.3 Å². The molecule has 0 heterocycles. The van der Waals surface area contributed by atoms with Gasteiger partial charge in [-0.1, -0.05) is 51.1 Å². The molecule has 1 aromatic carbocycles. The largest absolute Gasteiger partial charge is 0.396 e. The smallest absolute Gasteiger partial charge is 0.239 e. The number of hydrogen-bond acceptors (Lipinski definition) is 3. The first kappa shape index (κ1) is 18.2. The summed E-state index contributed by atoms with van der Waals surface area (Å²) in [4.78, 5) is 23.7. The molecule has 1 atom stereocenters. The van der Waals surface area contributed by atoms with Crippen molar-refractivity contribution in [2.24, 2.45) is 5.41 Å². The van der Waals surface area contributed by atoms with Gasteiger partial charge in [0.05, 0.1) is 12.6 Å². The summed E-state index contributed by atoms with van der Waals surface area (Å²) in [5.41, 5.74) is 0.829. The lowest BCUT2D eigenvalue weighted by molar-refractivity contribution is -0.127. The summed E-state index contributed by atoms with van der Waals surface area (Å²) in [6.07, 6.45) is 0.810. The molecule has 2 amide bonds. The van der Waals surface area contributed by atoms with Gasteiger partial charge in [0, 0.05) is 13.0 Å². The molecule has 1 rings (SSSR count). The fraction of sp³-hybridized carbons (Fsp3) is 0.529. The van der Waals surface area contributed by atoms with E-state index in [0.717, 1.165) is 5.56 Å². The zero-order chi connectivity index (χ0) is 16.6. The van der Waals surface area contributed by atoms with Crippen LogP contribution in [-0.4, -0.2) is 30.1 Å². The zero-order valence-electron chi connectivity index (χ0n) is 13.6. The molecule has 122 valence electrons. The van der Waals surface area contributed by atoms with Gasteiger partial charge in [-0.2, -0.15) is 0 Å². The highest BCUT2D eigenvalue weighted by atomic mass is 16.3. The van der Waals surface area contributed by atoms with E-state index in [0.29, 0.717) is 12.8 Å². The topological polar surface area (TPSA) is 78.4 Å². The summed E-state index contributed by atoms with van der Waals surface area (Å²) in [5.74, 6) is -0.398. The minimum absolute atomic E-state index is 0.0176. The Morgan fingerprint density at radius 2 is 1.77 bits per heavy atom. The lowest BCUT2D eigenvalue weighted by atomic mass is 9.92. The highest BCUT2D eigenvalue weighted by molar-refractivity contribution is 5.85. The van der Waals surface area contributed by atoms with Gasteiger partial charge in [0.25, 0.3) is 0 Å². The lowest BCUT2D eigenvalue weighted by Gasteiger charge is -2.20. The molecule has 0 fully saturated rings. The summed E-state index contributed by atoms with van der Waals surface area (Å²) < 4.78 is 0. The van der Waals surface area contributed by atoms with Crippen LogP contribution in [-0.2, 0) is 9.59 Å².